The highest BCUT2D eigenvalue weighted by Gasteiger charge is 2.34. The van der Waals surface area contributed by atoms with E-state index in [2.05, 4.69) is 16.3 Å². The second-order valence-electron chi connectivity index (χ2n) is 3.35. The minimum absolute atomic E-state index is 0.0302. The van der Waals surface area contributed by atoms with Crippen molar-refractivity contribution in [3.63, 3.8) is 0 Å². The number of benzene rings is 1. The summed E-state index contributed by atoms with van der Waals surface area (Å²) in [6, 6.07) is 8.10. The van der Waals surface area contributed by atoms with Gasteiger partial charge in [-0.15, -0.1) is 0 Å². The first-order valence-corrected chi connectivity index (χ1v) is 4.37. The third kappa shape index (κ3) is 0.786. The summed E-state index contributed by atoms with van der Waals surface area (Å²) < 4.78 is 0. The molecule has 1 aromatic carbocycles. The molecule has 0 aromatic heterocycles. The standard InChI is InChI=1S/C10H10N2O/c13-9-5-6-12-8-4-2-1-3-7(8)11-10(9)12/h1-5,10-11,13H,6H2. The molecule has 1 unspecified atom stereocenters. The summed E-state index contributed by atoms with van der Waals surface area (Å²) in [5.74, 6) is 0.427. The SMILES string of the molecule is OC1=CCN2c3ccccc3NC12. The van der Waals surface area contributed by atoms with Crippen LogP contribution < -0.4 is 10.2 Å². The Morgan fingerprint density at radius 1 is 1.38 bits per heavy atom. The summed E-state index contributed by atoms with van der Waals surface area (Å²) >= 11 is 0. The number of anilines is 2. The zero-order valence-electron chi connectivity index (χ0n) is 7.07. The van der Waals surface area contributed by atoms with E-state index in [9.17, 15) is 5.11 Å². The van der Waals surface area contributed by atoms with Gasteiger partial charge in [0.15, 0.2) is 6.17 Å². The Hall–Kier alpha value is -1.64. The molecule has 13 heavy (non-hydrogen) atoms. The summed E-state index contributed by atoms with van der Waals surface area (Å²) in [4.78, 5) is 2.14. The third-order valence-corrected chi connectivity index (χ3v) is 2.59. The number of aliphatic hydroxyl groups is 1. The van der Waals surface area contributed by atoms with Gasteiger partial charge in [-0.3, -0.25) is 0 Å². The van der Waals surface area contributed by atoms with Crippen LogP contribution in [-0.2, 0) is 0 Å². The van der Waals surface area contributed by atoms with Gasteiger partial charge in [0.05, 0.1) is 11.4 Å². The highest BCUT2D eigenvalue weighted by Crippen LogP contribution is 2.38. The van der Waals surface area contributed by atoms with E-state index in [1.165, 1.54) is 5.69 Å². The Morgan fingerprint density at radius 3 is 3.15 bits per heavy atom. The van der Waals surface area contributed by atoms with Crippen molar-refractivity contribution in [2.24, 2.45) is 0 Å². The van der Waals surface area contributed by atoms with E-state index in [1.54, 1.807) is 0 Å². The first-order valence-electron chi connectivity index (χ1n) is 4.37. The van der Waals surface area contributed by atoms with Crippen molar-refractivity contribution in [1.82, 2.24) is 0 Å². The van der Waals surface area contributed by atoms with Crippen molar-refractivity contribution in [1.29, 1.82) is 0 Å². The van der Waals surface area contributed by atoms with Gasteiger partial charge in [-0.1, -0.05) is 12.1 Å². The van der Waals surface area contributed by atoms with Crippen molar-refractivity contribution in [3.05, 3.63) is 36.1 Å². The molecule has 0 amide bonds. The van der Waals surface area contributed by atoms with Gasteiger partial charge in [0.25, 0.3) is 0 Å². The van der Waals surface area contributed by atoms with Gasteiger partial charge >= 0.3 is 0 Å². The van der Waals surface area contributed by atoms with E-state index < -0.39 is 0 Å². The molecular weight excluding hydrogens is 164 g/mol. The maximum absolute atomic E-state index is 9.53. The Labute approximate surface area is 76.3 Å². The smallest absolute Gasteiger partial charge is 0.158 e. The van der Waals surface area contributed by atoms with Crippen LogP contribution in [-0.4, -0.2) is 17.8 Å². The fraction of sp³-hybridized carbons (Fsp3) is 0.200. The van der Waals surface area contributed by atoms with E-state index in [-0.39, 0.29) is 6.17 Å². The van der Waals surface area contributed by atoms with E-state index in [0.29, 0.717) is 5.76 Å². The van der Waals surface area contributed by atoms with Crippen molar-refractivity contribution in [2.75, 3.05) is 16.8 Å². The summed E-state index contributed by atoms with van der Waals surface area (Å²) in [7, 11) is 0. The molecule has 3 rings (SSSR count). The van der Waals surface area contributed by atoms with Crippen LogP contribution in [0.25, 0.3) is 0 Å². The number of fused-ring (bicyclic) bond motifs is 3. The molecule has 0 spiro atoms. The number of nitrogens with one attached hydrogen (secondary N) is 1. The number of nitrogens with zero attached hydrogens (tertiary/aromatic N) is 1. The molecule has 0 saturated carbocycles. The highest BCUT2D eigenvalue weighted by atomic mass is 16.3. The average Bonchev–Trinajstić information content (AvgIpc) is 2.67. The van der Waals surface area contributed by atoms with Crippen LogP contribution in [0.3, 0.4) is 0 Å². The lowest BCUT2D eigenvalue weighted by atomic mass is 10.3. The van der Waals surface area contributed by atoms with Gasteiger partial charge in [0, 0.05) is 6.54 Å². The fourth-order valence-electron chi connectivity index (χ4n) is 1.95. The van der Waals surface area contributed by atoms with E-state index >= 15 is 0 Å². The molecule has 1 atom stereocenters. The van der Waals surface area contributed by atoms with Crippen molar-refractivity contribution < 1.29 is 5.11 Å². The zero-order chi connectivity index (χ0) is 8.84. The van der Waals surface area contributed by atoms with Gasteiger partial charge in [0.1, 0.15) is 5.76 Å². The first kappa shape index (κ1) is 6.83. The van der Waals surface area contributed by atoms with Gasteiger partial charge in [-0.2, -0.15) is 0 Å². The van der Waals surface area contributed by atoms with Crippen LogP contribution in [0.5, 0.6) is 0 Å². The minimum Gasteiger partial charge on any atom is -0.508 e. The van der Waals surface area contributed by atoms with Crippen LogP contribution in [0.15, 0.2) is 36.1 Å². The number of para-hydroxylation sites is 2. The van der Waals surface area contributed by atoms with Crippen molar-refractivity contribution in [2.45, 2.75) is 6.17 Å². The van der Waals surface area contributed by atoms with Gasteiger partial charge in [0.2, 0.25) is 0 Å². The topological polar surface area (TPSA) is 35.5 Å². The average molecular weight is 174 g/mol. The lowest BCUT2D eigenvalue weighted by Gasteiger charge is -2.17. The lowest BCUT2D eigenvalue weighted by molar-refractivity contribution is 0.386. The van der Waals surface area contributed by atoms with Crippen molar-refractivity contribution in [3.8, 4) is 0 Å². The van der Waals surface area contributed by atoms with Gasteiger partial charge in [-0.05, 0) is 18.2 Å². The summed E-state index contributed by atoms with van der Waals surface area (Å²) in [6.07, 6.45) is 1.81. The molecule has 3 nitrogen and oxygen atoms in total. The van der Waals surface area contributed by atoms with Crippen LogP contribution in [0, 0.1) is 0 Å². The molecular formula is C10H10N2O. The molecule has 2 aliphatic rings. The zero-order valence-corrected chi connectivity index (χ0v) is 7.07. The molecule has 0 aliphatic carbocycles. The third-order valence-electron chi connectivity index (χ3n) is 2.59. The monoisotopic (exact) mass is 174 g/mol. The highest BCUT2D eigenvalue weighted by molar-refractivity contribution is 5.78. The fourth-order valence-corrected chi connectivity index (χ4v) is 1.95. The Bertz CT molecular complexity index is 386. The molecule has 66 valence electrons. The molecule has 2 N–H and O–H groups in total. The number of rotatable bonds is 0. The molecule has 3 heteroatoms. The number of aliphatic hydroxyl groups excluding tert-OH is 1. The lowest BCUT2D eigenvalue weighted by Crippen LogP contribution is -2.31. The largest absolute Gasteiger partial charge is 0.508 e. The normalized spacial score (nSPS) is 23.5. The second-order valence-corrected chi connectivity index (χ2v) is 3.35. The van der Waals surface area contributed by atoms with Crippen molar-refractivity contribution >= 4 is 11.4 Å². The molecule has 2 aliphatic heterocycles. The number of hydrogen-bond donors (Lipinski definition) is 2. The predicted octanol–water partition coefficient (Wildman–Crippen LogP) is 1.70. The molecule has 0 radical (unpaired) electrons. The summed E-state index contributed by atoms with van der Waals surface area (Å²) in [5, 5.41) is 12.8. The molecule has 0 bridgehead atoms. The summed E-state index contributed by atoms with van der Waals surface area (Å²) in [6.45, 7) is 0.792. The molecule has 2 heterocycles. The molecule has 0 saturated heterocycles. The molecule has 1 aromatic rings. The van der Waals surface area contributed by atoms with E-state index in [0.717, 1.165) is 12.2 Å². The van der Waals surface area contributed by atoms with Crippen LogP contribution in [0.4, 0.5) is 11.4 Å². The van der Waals surface area contributed by atoms with Crippen LogP contribution in [0.1, 0.15) is 0 Å². The van der Waals surface area contributed by atoms with E-state index in [4.69, 9.17) is 0 Å². The first-order chi connectivity index (χ1) is 6.36. The second kappa shape index (κ2) is 2.19. The minimum atomic E-state index is -0.0302. The maximum Gasteiger partial charge on any atom is 0.158 e. The maximum atomic E-state index is 9.53. The number of hydrogen-bond acceptors (Lipinski definition) is 3. The Kier molecular flexibility index (Phi) is 1.15. The van der Waals surface area contributed by atoms with Gasteiger partial charge < -0.3 is 15.3 Å². The van der Waals surface area contributed by atoms with Crippen LogP contribution in [0.2, 0.25) is 0 Å². The van der Waals surface area contributed by atoms with E-state index in [1.807, 2.05) is 24.3 Å². The summed E-state index contributed by atoms with van der Waals surface area (Å²) in [5.41, 5.74) is 2.28. The quantitative estimate of drug-likeness (QED) is 0.628. The van der Waals surface area contributed by atoms with Crippen LogP contribution >= 0.6 is 0 Å². The van der Waals surface area contributed by atoms with Gasteiger partial charge in [-0.25, -0.2) is 0 Å². The predicted molar refractivity (Wildman–Crippen MR) is 51.9 cm³/mol. The Balaban J connectivity index is 2.08. The Morgan fingerprint density at radius 2 is 2.23 bits per heavy atom. The molecule has 0 fully saturated rings.